The maximum atomic E-state index is 11.8. The summed E-state index contributed by atoms with van der Waals surface area (Å²) < 4.78 is 9.81. The highest BCUT2D eigenvalue weighted by Gasteiger charge is 2.16. The Morgan fingerprint density at radius 2 is 1.82 bits per heavy atom. The van der Waals surface area contributed by atoms with Crippen molar-refractivity contribution in [3.05, 3.63) is 23.8 Å². The van der Waals surface area contributed by atoms with E-state index in [1.165, 1.54) is 7.11 Å². The van der Waals surface area contributed by atoms with Crippen LogP contribution >= 0.6 is 0 Å². The van der Waals surface area contributed by atoms with E-state index in [-0.39, 0.29) is 0 Å². The maximum absolute atomic E-state index is 11.8. The molecule has 0 heterocycles. The highest BCUT2D eigenvalue weighted by molar-refractivity contribution is 5.89. The van der Waals surface area contributed by atoms with Gasteiger partial charge in [0, 0.05) is 11.4 Å². The first kappa shape index (κ1) is 17.8. The van der Waals surface area contributed by atoms with Gasteiger partial charge in [-0.3, -0.25) is 10.6 Å². The molecule has 0 saturated carbocycles. The van der Waals surface area contributed by atoms with Gasteiger partial charge < -0.3 is 9.47 Å². The summed E-state index contributed by atoms with van der Waals surface area (Å²) in [6.07, 6.45) is 0.660. The first-order chi connectivity index (χ1) is 10.2. The fourth-order valence-corrected chi connectivity index (χ4v) is 1.84. The molecule has 0 aliphatic carbocycles. The van der Waals surface area contributed by atoms with Crippen LogP contribution in [0, 0.1) is 0 Å². The lowest BCUT2D eigenvalue weighted by Crippen LogP contribution is -2.27. The number of rotatable bonds is 4. The second kappa shape index (κ2) is 7.68. The van der Waals surface area contributed by atoms with Gasteiger partial charge >= 0.3 is 12.2 Å². The molecule has 0 aliphatic heterocycles. The van der Waals surface area contributed by atoms with Crippen molar-refractivity contribution in [1.82, 2.24) is 0 Å². The summed E-state index contributed by atoms with van der Waals surface area (Å²) in [6.45, 7) is 7.43. The topological polar surface area (TPSA) is 76.7 Å². The number of hydrogen-bond donors (Lipinski definition) is 2. The summed E-state index contributed by atoms with van der Waals surface area (Å²) in [4.78, 5) is 23.2. The van der Waals surface area contributed by atoms with Crippen LogP contribution in [0.25, 0.3) is 0 Å². The minimum atomic E-state index is -0.570. The van der Waals surface area contributed by atoms with E-state index < -0.39 is 17.8 Å². The first-order valence-corrected chi connectivity index (χ1v) is 7.23. The van der Waals surface area contributed by atoms with Gasteiger partial charge in [-0.25, -0.2) is 9.59 Å². The molecule has 6 heteroatoms. The third kappa shape index (κ3) is 6.03. The Morgan fingerprint density at radius 1 is 1.14 bits per heavy atom. The highest BCUT2D eigenvalue weighted by atomic mass is 16.6. The molecule has 0 aromatic heterocycles. The lowest BCUT2D eigenvalue weighted by molar-refractivity contribution is 0.0636. The lowest BCUT2D eigenvalue weighted by atomic mass is 10.1. The van der Waals surface area contributed by atoms with Crippen molar-refractivity contribution in [3.63, 3.8) is 0 Å². The number of methoxy groups -OCH3 is 1. The predicted octanol–water partition coefficient (Wildman–Crippen LogP) is 4.16. The first-order valence-electron chi connectivity index (χ1n) is 7.23. The SMILES string of the molecule is CCCc1ccc(NC(=O)OC(C)(C)C)cc1NC(=O)OC. The molecule has 0 spiro atoms. The van der Waals surface area contributed by atoms with Gasteiger partial charge in [0.1, 0.15) is 5.60 Å². The predicted molar refractivity (Wildman–Crippen MR) is 86.3 cm³/mol. The largest absolute Gasteiger partial charge is 0.453 e. The number of hydrogen-bond acceptors (Lipinski definition) is 4. The lowest BCUT2D eigenvalue weighted by Gasteiger charge is -2.20. The van der Waals surface area contributed by atoms with Crippen molar-refractivity contribution in [1.29, 1.82) is 0 Å². The Kier molecular flexibility index (Phi) is 6.22. The smallest absolute Gasteiger partial charge is 0.412 e. The van der Waals surface area contributed by atoms with Crippen LogP contribution in [0.5, 0.6) is 0 Å². The van der Waals surface area contributed by atoms with Gasteiger partial charge in [-0.05, 0) is 44.9 Å². The minimum absolute atomic E-state index is 0.542. The van der Waals surface area contributed by atoms with Crippen LogP contribution in [0.2, 0.25) is 0 Å². The number of ether oxygens (including phenoxy) is 2. The average Bonchev–Trinajstić information content (AvgIpc) is 2.39. The van der Waals surface area contributed by atoms with Crippen LogP contribution in [-0.4, -0.2) is 24.9 Å². The van der Waals surface area contributed by atoms with Crippen molar-refractivity contribution >= 4 is 23.6 Å². The van der Waals surface area contributed by atoms with Gasteiger partial charge in [-0.1, -0.05) is 19.4 Å². The summed E-state index contributed by atoms with van der Waals surface area (Å²) in [5, 5.41) is 5.30. The molecule has 2 N–H and O–H groups in total. The molecule has 0 bridgehead atoms. The number of benzene rings is 1. The van der Waals surface area contributed by atoms with E-state index in [9.17, 15) is 9.59 Å². The number of carbonyl (C=O) groups excluding carboxylic acids is 2. The Morgan fingerprint density at radius 3 is 2.36 bits per heavy atom. The fourth-order valence-electron chi connectivity index (χ4n) is 1.84. The second-order valence-corrected chi connectivity index (χ2v) is 5.87. The van der Waals surface area contributed by atoms with Crippen LogP contribution in [0.3, 0.4) is 0 Å². The molecule has 22 heavy (non-hydrogen) atoms. The van der Waals surface area contributed by atoms with E-state index in [1.807, 2.05) is 6.07 Å². The summed E-state index contributed by atoms with van der Waals surface area (Å²) in [6, 6.07) is 5.32. The van der Waals surface area contributed by atoms with Crippen molar-refractivity contribution in [2.24, 2.45) is 0 Å². The van der Waals surface area contributed by atoms with E-state index in [0.717, 1.165) is 18.4 Å². The van der Waals surface area contributed by atoms with Crippen molar-refractivity contribution in [2.45, 2.75) is 46.1 Å². The highest BCUT2D eigenvalue weighted by Crippen LogP contribution is 2.23. The Labute approximate surface area is 131 Å². The number of nitrogens with one attached hydrogen (secondary N) is 2. The number of anilines is 2. The van der Waals surface area contributed by atoms with Crippen LogP contribution in [0.15, 0.2) is 18.2 Å². The van der Waals surface area contributed by atoms with E-state index in [0.29, 0.717) is 11.4 Å². The zero-order valence-electron chi connectivity index (χ0n) is 13.8. The third-order valence-electron chi connectivity index (χ3n) is 2.70. The van der Waals surface area contributed by atoms with E-state index in [1.54, 1.807) is 32.9 Å². The number of amides is 2. The second-order valence-electron chi connectivity index (χ2n) is 5.87. The molecule has 1 rings (SSSR count). The van der Waals surface area contributed by atoms with Gasteiger partial charge in [0.15, 0.2) is 0 Å². The molecule has 2 amide bonds. The Balaban J connectivity index is 2.90. The van der Waals surface area contributed by atoms with E-state index >= 15 is 0 Å². The van der Waals surface area contributed by atoms with Gasteiger partial charge in [-0.15, -0.1) is 0 Å². The molecular formula is C16H24N2O4. The summed E-state index contributed by atoms with van der Waals surface area (Å²) in [5.41, 5.74) is 1.56. The Bertz CT molecular complexity index is 535. The number of aryl methyl sites for hydroxylation is 1. The molecule has 122 valence electrons. The monoisotopic (exact) mass is 308 g/mol. The summed E-state index contributed by atoms with van der Waals surface area (Å²) in [5.74, 6) is 0. The minimum Gasteiger partial charge on any atom is -0.453 e. The third-order valence-corrected chi connectivity index (χ3v) is 2.70. The molecular weight excluding hydrogens is 284 g/mol. The Hall–Kier alpha value is -2.24. The molecule has 0 aliphatic rings. The fraction of sp³-hybridized carbons (Fsp3) is 0.500. The van der Waals surface area contributed by atoms with Crippen LogP contribution < -0.4 is 10.6 Å². The number of carbonyl (C=O) groups is 2. The molecule has 6 nitrogen and oxygen atoms in total. The summed E-state index contributed by atoms with van der Waals surface area (Å²) >= 11 is 0. The molecule has 0 fully saturated rings. The van der Waals surface area contributed by atoms with Crippen molar-refractivity contribution < 1.29 is 19.1 Å². The molecule has 0 atom stereocenters. The normalized spacial score (nSPS) is 10.8. The average molecular weight is 308 g/mol. The molecule has 0 unspecified atom stereocenters. The molecule has 0 radical (unpaired) electrons. The molecule has 1 aromatic rings. The summed E-state index contributed by atoms with van der Waals surface area (Å²) in [7, 11) is 1.30. The van der Waals surface area contributed by atoms with Crippen molar-refractivity contribution in [3.8, 4) is 0 Å². The quantitative estimate of drug-likeness (QED) is 0.875. The van der Waals surface area contributed by atoms with E-state index in [2.05, 4.69) is 22.3 Å². The van der Waals surface area contributed by atoms with Crippen LogP contribution in [0.4, 0.5) is 21.0 Å². The van der Waals surface area contributed by atoms with Gasteiger partial charge in [0.2, 0.25) is 0 Å². The zero-order valence-corrected chi connectivity index (χ0v) is 13.8. The standard InChI is InChI=1S/C16H24N2O4/c1-6-7-11-8-9-12(10-13(11)18-14(19)21-5)17-15(20)22-16(2,3)4/h8-10H,6-7H2,1-5H3,(H,17,20)(H,18,19). The van der Waals surface area contributed by atoms with Gasteiger partial charge in [0.25, 0.3) is 0 Å². The van der Waals surface area contributed by atoms with Crippen LogP contribution in [-0.2, 0) is 15.9 Å². The van der Waals surface area contributed by atoms with Gasteiger partial charge in [-0.2, -0.15) is 0 Å². The van der Waals surface area contributed by atoms with Crippen molar-refractivity contribution in [2.75, 3.05) is 17.7 Å². The van der Waals surface area contributed by atoms with Crippen LogP contribution in [0.1, 0.15) is 39.7 Å². The van der Waals surface area contributed by atoms with E-state index in [4.69, 9.17) is 4.74 Å². The van der Waals surface area contributed by atoms with Gasteiger partial charge in [0.05, 0.1) is 7.11 Å². The maximum Gasteiger partial charge on any atom is 0.412 e. The molecule has 1 aromatic carbocycles. The molecule has 0 saturated heterocycles. The zero-order chi connectivity index (χ0) is 16.8.